The third kappa shape index (κ3) is 2.33. The van der Waals surface area contributed by atoms with Gasteiger partial charge in [0.1, 0.15) is 24.0 Å². The van der Waals surface area contributed by atoms with E-state index in [-0.39, 0.29) is 5.92 Å². The minimum Gasteiger partial charge on any atom is -0.492 e. The maximum Gasteiger partial charge on any atom is 0.142 e. The molecular weight excluding hydrogens is 250 g/mol. The van der Waals surface area contributed by atoms with Crippen molar-refractivity contribution in [3.05, 3.63) is 47.4 Å². The van der Waals surface area contributed by atoms with Crippen LogP contribution in [0, 0.1) is 0 Å². The van der Waals surface area contributed by atoms with Gasteiger partial charge in [-0.15, -0.1) is 0 Å². The first-order chi connectivity index (χ1) is 9.81. The van der Waals surface area contributed by atoms with E-state index in [0.717, 1.165) is 35.9 Å². The Morgan fingerprint density at radius 3 is 2.95 bits per heavy atom. The van der Waals surface area contributed by atoms with Gasteiger partial charge in [0.25, 0.3) is 0 Å². The lowest BCUT2D eigenvalue weighted by Gasteiger charge is -2.11. The van der Waals surface area contributed by atoms with Crippen LogP contribution >= 0.6 is 0 Å². The monoisotopic (exact) mass is 269 g/mol. The summed E-state index contributed by atoms with van der Waals surface area (Å²) in [5.41, 5.74) is 2.27. The van der Waals surface area contributed by atoms with Crippen molar-refractivity contribution in [3.63, 3.8) is 0 Å². The smallest absolute Gasteiger partial charge is 0.142 e. The van der Waals surface area contributed by atoms with E-state index in [4.69, 9.17) is 9.72 Å². The molecule has 1 unspecified atom stereocenters. The maximum atomic E-state index is 5.74. The SMILES string of the molecule is CCCc1cc(NC)nc(C2COc3ccccc32)n1. The van der Waals surface area contributed by atoms with Gasteiger partial charge in [0.15, 0.2) is 0 Å². The zero-order chi connectivity index (χ0) is 13.9. The van der Waals surface area contributed by atoms with Crippen molar-refractivity contribution in [1.82, 2.24) is 9.97 Å². The molecule has 2 heterocycles. The number of aromatic nitrogens is 2. The summed E-state index contributed by atoms with van der Waals surface area (Å²) in [5, 5.41) is 3.12. The Bertz CT molecular complexity index is 612. The van der Waals surface area contributed by atoms with E-state index in [2.05, 4.69) is 23.3 Å². The number of anilines is 1. The van der Waals surface area contributed by atoms with E-state index >= 15 is 0 Å². The summed E-state index contributed by atoms with van der Waals surface area (Å²) in [7, 11) is 1.89. The van der Waals surface area contributed by atoms with Gasteiger partial charge in [-0.3, -0.25) is 0 Å². The Hall–Kier alpha value is -2.10. The molecule has 1 aliphatic rings. The van der Waals surface area contributed by atoms with Crippen molar-refractivity contribution >= 4 is 5.82 Å². The second kappa shape index (κ2) is 5.49. The van der Waals surface area contributed by atoms with Crippen molar-refractivity contribution in [1.29, 1.82) is 0 Å². The lowest BCUT2D eigenvalue weighted by atomic mass is 10.0. The highest BCUT2D eigenvalue weighted by atomic mass is 16.5. The van der Waals surface area contributed by atoms with Crippen LogP contribution in [0.5, 0.6) is 5.75 Å². The first-order valence-electron chi connectivity index (χ1n) is 7.09. The molecule has 0 saturated heterocycles. The first kappa shape index (κ1) is 12.9. The second-order valence-corrected chi connectivity index (χ2v) is 5.00. The average Bonchev–Trinajstić information content (AvgIpc) is 2.91. The zero-order valence-corrected chi connectivity index (χ0v) is 11.9. The van der Waals surface area contributed by atoms with Gasteiger partial charge in [-0.2, -0.15) is 0 Å². The maximum absolute atomic E-state index is 5.74. The number of hydrogen-bond acceptors (Lipinski definition) is 4. The van der Waals surface area contributed by atoms with Crippen LogP contribution in [0.15, 0.2) is 30.3 Å². The number of benzene rings is 1. The fraction of sp³-hybridized carbons (Fsp3) is 0.375. The Morgan fingerprint density at radius 2 is 2.15 bits per heavy atom. The minimum atomic E-state index is 0.134. The van der Waals surface area contributed by atoms with Crippen molar-refractivity contribution in [3.8, 4) is 5.75 Å². The minimum absolute atomic E-state index is 0.134. The zero-order valence-electron chi connectivity index (χ0n) is 11.9. The van der Waals surface area contributed by atoms with Gasteiger partial charge in [-0.1, -0.05) is 31.5 Å². The molecule has 3 rings (SSSR count). The molecule has 1 aliphatic heterocycles. The lowest BCUT2D eigenvalue weighted by Crippen LogP contribution is -2.11. The van der Waals surface area contributed by atoms with Crippen LogP contribution < -0.4 is 10.1 Å². The van der Waals surface area contributed by atoms with Crippen LogP contribution in [0.25, 0.3) is 0 Å². The molecule has 0 bridgehead atoms. The number of fused-ring (bicyclic) bond motifs is 1. The number of hydrogen-bond donors (Lipinski definition) is 1. The summed E-state index contributed by atoms with van der Waals surface area (Å²) < 4.78 is 5.74. The van der Waals surface area contributed by atoms with Gasteiger partial charge >= 0.3 is 0 Å². The molecule has 0 spiro atoms. The lowest BCUT2D eigenvalue weighted by molar-refractivity contribution is 0.339. The van der Waals surface area contributed by atoms with E-state index in [0.29, 0.717) is 6.61 Å². The molecule has 2 aromatic rings. The summed E-state index contributed by atoms with van der Waals surface area (Å²) >= 11 is 0. The molecule has 0 fully saturated rings. The Kier molecular flexibility index (Phi) is 3.54. The summed E-state index contributed by atoms with van der Waals surface area (Å²) in [4.78, 5) is 9.33. The number of aryl methyl sites for hydroxylation is 1. The first-order valence-corrected chi connectivity index (χ1v) is 7.09. The normalized spacial score (nSPS) is 16.6. The standard InChI is InChI=1S/C16H19N3O/c1-3-6-11-9-15(17-2)19-16(18-11)13-10-20-14-8-5-4-7-12(13)14/h4-5,7-9,13H,3,6,10H2,1-2H3,(H,17,18,19). The summed E-state index contributed by atoms with van der Waals surface area (Å²) in [5.74, 6) is 2.82. The second-order valence-electron chi connectivity index (χ2n) is 5.00. The van der Waals surface area contributed by atoms with E-state index < -0.39 is 0 Å². The number of ether oxygens (including phenoxy) is 1. The molecule has 1 aromatic heterocycles. The van der Waals surface area contributed by atoms with Crippen LogP contribution in [0.4, 0.5) is 5.82 Å². The fourth-order valence-electron chi connectivity index (χ4n) is 2.56. The number of para-hydroxylation sites is 1. The van der Waals surface area contributed by atoms with E-state index in [1.807, 2.05) is 31.3 Å². The van der Waals surface area contributed by atoms with Gasteiger partial charge < -0.3 is 10.1 Å². The third-order valence-electron chi connectivity index (χ3n) is 3.57. The number of rotatable bonds is 4. The van der Waals surface area contributed by atoms with Crippen LogP contribution in [-0.2, 0) is 6.42 Å². The van der Waals surface area contributed by atoms with Crippen molar-refractivity contribution in [2.75, 3.05) is 19.0 Å². The van der Waals surface area contributed by atoms with Crippen LogP contribution in [0.2, 0.25) is 0 Å². The molecule has 1 N–H and O–H groups in total. The van der Waals surface area contributed by atoms with E-state index in [1.54, 1.807) is 0 Å². The highest BCUT2D eigenvalue weighted by Gasteiger charge is 2.28. The predicted octanol–water partition coefficient (Wildman–Crippen LogP) is 3.00. The van der Waals surface area contributed by atoms with Crippen LogP contribution in [-0.4, -0.2) is 23.6 Å². The van der Waals surface area contributed by atoms with Gasteiger partial charge in [-0.25, -0.2) is 9.97 Å². The molecule has 0 radical (unpaired) electrons. The van der Waals surface area contributed by atoms with Crippen LogP contribution in [0.3, 0.4) is 0 Å². The molecule has 0 saturated carbocycles. The van der Waals surface area contributed by atoms with Crippen molar-refractivity contribution in [2.45, 2.75) is 25.7 Å². The molecule has 104 valence electrons. The Balaban J connectivity index is 2.00. The van der Waals surface area contributed by atoms with E-state index in [9.17, 15) is 0 Å². The fourth-order valence-corrected chi connectivity index (χ4v) is 2.56. The summed E-state index contributed by atoms with van der Waals surface area (Å²) in [6.45, 7) is 2.78. The molecular formula is C16H19N3O. The number of nitrogens with zero attached hydrogens (tertiary/aromatic N) is 2. The number of nitrogens with one attached hydrogen (secondary N) is 1. The Morgan fingerprint density at radius 1 is 1.30 bits per heavy atom. The topological polar surface area (TPSA) is 47.0 Å². The highest BCUT2D eigenvalue weighted by Crippen LogP contribution is 2.36. The average molecular weight is 269 g/mol. The third-order valence-corrected chi connectivity index (χ3v) is 3.57. The molecule has 4 nitrogen and oxygen atoms in total. The summed E-state index contributed by atoms with van der Waals surface area (Å²) in [6.07, 6.45) is 2.05. The van der Waals surface area contributed by atoms with Gasteiger partial charge in [0.2, 0.25) is 0 Å². The van der Waals surface area contributed by atoms with Crippen LogP contribution in [0.1, 0.15) is 36.3 Å². The van der Waals surface area contributed by atoms with Crippen molar-refractivity contribution < 1.29 is 4.74 Å². The molecule has 0 amide bonds. The molecule has 20 heavy (non-hydrogen) atoms. The van der Waals surface area contributed by atoms with Gasteiger partial charge in [0, 0.05) is 24.4 Å². The van der Waals surface area contributed by atoms with Gasteiger partial charge in [0.05, 0.1) is 5.92 Å². The molecule has 1 aromatic carbocycles. The van der Waals surface area contributed by atoms with Gasteiger partial charge in [-0.05, 0) is 12.5 Å². The Labute approximate surface area is 119 Å². The largest absolute Gasteiger partial charge is 0.492 e. The predicted molar refractivity (Wildman–Crippen MR) is 79.4 cm³/mol. The molecule has 4 heteroatoms. The summed E-state index contributed by atoms with van der Waals surface area (Å²) in [6, 6.07) is 10.2. The highest BCUT2D eigenvalue weighted by molar-refractivity contribution is 5.44. The molecule has 0 aliphatic carbocycles. The molecule has 1 atom stereocenters. The quantitative estimate of drug-likeness (QED) is 0.927. The van der Waals surface area contributed by atoms with E-state index in [1.165, 1.54) is 5.56 Å². The van der Waals surface area contributed by atoms with Crippen molar-refractivity contribution in [2.24, 2.45) is 0 Å².